The van der Waals surface area contributed by atoms with Gasteiger partial charge in [0.2, 0.25) is 0 Å². The van der Waals surface area contributed by atoms with E-state index in [4.69, 9.17) is 23.2 Å². The number of halogens is 2. The minimum atomic E-state index is -0.517. The quantitative estimate of drug-likeness (QED) is 0.363. The maximum atomic E-state index is 6.66. The van der Waals surface area contributed by atoms with Crippen molar-refractivity contribution in [3.05, 3.63) is 60.7 Å². The largest absolute Gasteiger partial charge is 0.127 e. The van der Waals surface area contributed by atoms with Crippen molar-refractivity contribution in [1.29, 1.82) is 0 Å². The van der Waals surface area contributed by atoms with Crippen LogP contribution in [-0.4, -0.2) is 11.0 Å². The minimum Gasteiger partial charge on any atom is -0.127 e. The van der Waals surface area contributed by atoms with E-state index < -0.39 is 7.92 Å². The Kier molecular flexibility index (Phi) is 9.03. The molecule has 110 valence electrons. The summed E-state index contributed by atoms with van der Waals surface area (Å²) < 4.78 is 0. The number of hydrogen-bond acceptors (Lipinski definition) is 0. The summed E-state index contributed by atoms with van der Waals surface area (Å²) in [7, 11) is -0.517. The molecule has 0 aliphatic heterocycles. The molecule has 0 amide bonds. The molecule has 2 rings (SSSR count). The summed E-state index contributed by atoms with van der Waals surface area (Å²) in [4.78, 5) is 0. The van der Waals surface area contributed by atoms with Gasteiger partial charge in [0.1, 0.15) is 0 Å². The van der Waals surface area contributed by atoms with E-state index in [0.29, 0.717) is 5.88 Å². The Morgan fingerprint density at radius 2 is 1.30 bits per heavy atom. The van der Waals surface area contributed by atoms with Gasteiger partial charge >= 0.3 is 0 Å². The second-order valence-corrected chi connectivity index (χ2v) is 7.91. The van der Waals surface area contributed by atoms with Crippen LogP contribution >= 0.6 is 31.1 Å². The Hall–Kier alpha value is 0.112. The third kappa shape index (κ3) is 5.14. The second kappa shape index (κ2) is 9.94. The maximum absolute atomic E-state index is 6.66. The van der Waals surface area contributed by atoms with Gasteiger partial charge in [-0.25, -0.2) is 0 Å². The maximum Gasteiger partial charge on any atom is 0.0616 e. The van der Waals surface area contributed by atoms with Gasteiger partial charge in [-0.2, -0.15) is 0 Å². The van der Waals surface area contributed by atoms with E-state index in [1.54, 1.807) is 0 Å². The fraction of sp³-hybridized carbons (Fsp3) is 0.250. The number of alkyl halides is 2. The van der Waals surface area contributed by atoms with E-state index in [1.807, 2.05) is 12.1 Å². The van der Waals surface area contributed by atoms with Crippen LogP contribution in [0.25, 0.3) is 0 Å². The Balaban J connectivity index is 0.00000200. The van der Waals surface area contributed by atoms with E-state index >= 15 is 0 Å². The SMILES string of the molecule is ClCCCC(Cl)P(c1ccccc1)c1ccccc1.[Pd]. The molecule has 0 radical (unpaired) electrons. The predicted molar refractivity (Wildman–Crippen MR) is 88.7 cm³/mol. The zero-order chi connectivity index (χ0) is 13.5. The van der Waals surface area contributed by atoms with Crippen molar-refractivity contribution in [2.45, 2.75) is 18.0 Å². The fourth-order valence-corrected chi connectivity index (χ4v) is 5.38. The van der Waals surface area contributed by atoms with Gasteiger partial charge in [0, 0.05) is 26.3 Å². The van der Waals surface area contributed by atoms with Gasteiger partial charge in [-0.1, -0.05) is 60.7 Å². The van der Waals surface area contributed by atoms with Gasteiger partial charge in [-0.15, -0.1) is 23.2 Å². The molecule has 0 aliphatic carbocycles. The van der Waals surface area contributed by atoms with Crippen molar-refractivity contribution >= 4 is 41.7 Å². The first-order valence-electron chi connectivity index (χ1n) is 6.42. The van der Waals surface area contributed by atoms with Gasteiger partial charge in [0.25, 0.3) is 0 Å². The van der Waals surface area contributed by atoms with Gasteiger partial charge in [-0.05, 0) is 31.4 Å². The van der Waals surface area contributed by atoms with E-state index in [0.717, 1.165) is 12.8 Å². The summed E-state index contributed by atoms with van der Waals surface area (Å²) in [6.45, 7) is 0. The van der Waals surface area contributed by atoms with E-state index in [-0.39, 0.29) is 25.5 Å². The van der Waals surface area contributed by atoms with Crippen LogP contribution in [0.1, 0.15) is 12.8 Å². The molecule has 2 aromatic carbocycles. The number of benzene rings is 2. The van der Waals surface area contributed by atoms with Crippen LogP contribution in [0.2, 0.25) is 0 Å². The molecule has 0 fully saturated rings. The molecule has 0 spiro atoms. The molecule has 0 aliphatic rings. The molecule has 0 saturated carbocycles. The normalized spacial score (nSPS) is 11.9. The molecule has 20 heavy (non-hydrogen) atoms. The molecule has 0 aromatic heterocycles. The van der Waals surface area contributed by atoms with Crippen molar-refractivity contribution in [2.24, 2.45) is 0 Å². The van der Waals surface area contributed by atoms with Crippen molar-refractivity contribution in [2.75, 3.05) is 5.88 Å². The van der Waals surface area contributed by atoms with Crippen molar-refractivity contribution in [3.8, 4) is 0 Å². The Morgan fingerprint density at radius 3 is 1.70 bits per heavy atom. The molecular formula is C16H17Cl2PPd. The topological polar surface area (TPSA) is 0 Å². The minimum absolute atomic E-state index is 0. The number of rotatable bonds is 6. The smallest absolute Gasteiger partial charge is 0.0616 e. The first kappa shape index (κ1) is 18.2. The average molecular weight is 418 g/mol. The van der Waals surface area contributed by atoms with Crippen LogP contribution < -0.4 is 10.6 Å². The van der Waals surface area contributed by atoms with E-state index in [1.165, 1.54) is 10.6 Å². The van der Waals surface area contributed by atoms with E-state index in [9.17, 15) is 0 Å². The standard InChI is InChI=1S/C16H17Cl2P.Pd/c17-13-7-12-16(18)19(14-8-3-1-4-9-14)15-10-5-2-6-11-15;/h1-6,8-11,16H,7,12-13H2;. The van der Waals surface area contributed by atoms with Crippen molar-refractivity contribution in [3.63, 3.8) is 0 Å². The van der Waals surface area contributed by atoms with Gasteiger partial charge in [0.15, 0.2) is 0 Å². The molecule has 1 atom stereocenters. The summed E-state index contributed by atoms with van der Waals surface area (Å²) >= 11 is 12.5. The Labute approximate surface area is 146 Å². The Morgan fingerprint density at radius 1 is 0.850 bits per heavy atom. The summed E-state index contributed by atoms with van der Waals surface area (Å²) in [6.07, 6.45) is 1.93. The van der Waals surface area contributed by atoms with Crippen LogP contribution in [0.3, 0.4) is 0 Å². The van der Waals surface area contributed by atoms with Crippen molar-refractivity contribution < 1.29 is 20.4 Å². The van der Waals surface area contributed by atoms with Crippen LogP contribution in [0, 0.1) is 0 Å². The average Bonchev–Trinajstić information content (AvgIpc) is 2.47. The molecule has 0 nitrogen and oxygen atoms in total. The van der Waals surface area contributed by atoms with Gasteiger partial charge < -0.3 is 0 Å². The molecule has 0 heterocycles. The second-order valence-electron chi connectivity index (χ2n) is 4.31. The third-order valence-corrected chi connectivity index (χ3v) is 6.52. The predicted octanol–water partition coefficient (Wildman–Crippen LogP) is 4.70. The zero-order valence-electron chi connectivity index (χ0n) is 11.0. The molecule has 0 saturated heterocycles. The monoisotopic (exact) mass is 416 g/mol. The molecule has 0 bridgehead atoms. The molecular weight excluding hydrogens is 400 g/mol. The molecule has 4 heteroatoms. The van der Waals surface area contributed by atoms with Crippen LogP contribution in [0.15, 0.2) is 60.7 Å². The summed E-state index contributed by atoms with van der Waals surface area (Å²) in [5.74, 6) is 0.677. The van der Waals surface area contributed by atoms with Crippen LogP contribution in [-0.2, 0) is 20.4 Å². The summed E-state index contributed by atoms with van der Waals surface area (Å²) in [5.41, 5.74) is 0. The first-order valence-corrected chi connectivity index (χ1v) is 8.80. The van der Waals surface area contributed by atoms with Crippen molar-refractivity contribution in [1.82, 2.24) is 0 Å². The number of hydrogen-bond donors (Lipinski definition) is 0. The van der Waals surface area contributed by atoms with Gasteiger partial charge in [-0.3, -0.25) is 0 Å². The molecule has 0 N–H and O–H groups in total. The molecule has 1 unspecified atom stereocenters. The summed E-state index contributed by atoms with van der Waals surface area (Å²) in [6, 6.07) is 21.1. The van der Waals surface area contributed by atoms with E-state index in [2.05, 4.69) is 48.5 Å². The third-order valence-electron chi connectivity index (χ3n) is 2.92. The van der Waals surface area contributed by atoms with Crippen LogP contribution in [0.5, 0.6) is 0 Å². The van der Waals surface area contributed by atoms with Crippen LogP contribution in [0.4, 0.5) is 0 Å². The summed E-state index contributed by atoms with van der Waals surface area (Å²) in [5, 5.41) is 2.80. The fourth-order valence-electron chi connectivity index (χ4n) is 2.02. The molecule has 2 aromatic rings. The zero-order valence-corrected chi connectivity index (χ0v) is 15.0. The van der Waals surface area contributed by atoms with Gasteiger partial charge in [0.05, 0.1) is 5.12 Å². The first-order chi connectivity index (χ1) is 9.33. The Bertz CT molecular complexity index is 439.